The van der Waals surface area contributed by atoms with Crippen LogP contribution in [0.3, 0.4) is 0 Å². The van der Waals surface area contributed by atoms with E-state index in [-0.39, 0.29) is 0 Å². The van der Waals surface area contributed by atoms with Crippen molar-refractivity contribution in [3.8, 4) is 10.8 Å². The van der Waals surface area contributed by atoms with Crippen LogP contribution in [-0.4, -0.2) is 74.4 Å². The molecule has 11 heteroatoms. The van der Waals surface area contributed by atoms with E-state index in [1.807, 2.05) is 23.6 Å². The number of methoxy groups -OCH3 is 1. The Labute approximate surface area is 191 Å². The summed E-state index contributed by atoms with van der Waals surface area (Å²) in [4.78, 5) is 3.31. The number of hydrogen-bond acceptors (Lipinski definition) is 9. The van der Waals surface area contributed by atoms with Crippen molar-refractivity contribution in [2.45, 2.75) is 18.0 Å². The van der Waals surface area contributed by atoms with Gasteiger partial charge in [0.1, 0.15) is 0 Å². The molecule has 9 nitrogen and oxygen atoms in total. The molecule has 4 rings (SSSR count). The van der Waals surface area contributed by atoms with E-state index in [9.17, 15) is 8.42 Å². The second kappa shape index (κ2) is 10.6. The van der Waals surface area contributed by atoms with Crippen LogP contribution in [0, 0.1) is 0 Å². The smallest absolute Gasteiger partial charge is 0.257 e. The van der Waals surface area contributed by atoms with Gasteiger partial charge in [-0.25, -0.2) is 8.42 Å². The average molecular weight is 479 g/mol. The highest BCUT2D eigenvalue weighted by molar-refractivity contribution is 7.89. The van der Waals surface area contributed by atoms with Gasteiger partial charge >= 0.3 is 0 Å². The molecule has 32 heavy (non-hydrogen) atoms. The minimum absolute atomic E-state index is 0.293. The van der Waals surface area contributed by atoms with E-state index >= 15 is 0 Å². The lowest BCUT2D eigenvalue weighted by atomic mass is 10.2. The Bertz CT molecular complexity index is 1100. The maximum Gasteiger partial charge on any atom is 0.257 e. The topological polar surface area (TPSA) is 98.0 Å². The monoisotopic (exact) mass is 478 g/mol. The fourth-order valence-corrected chi connectivity index (χ4v) is 5.56. The predicted octanol–water partition coefficient (Wildman–Crippen LogP) is 2.47. The van der Waals surface area contributed by atoms with E-state index in [1.165, 1.54) is 4.31 Å². The van der Waals surface area contributed by atoms with E-state index in [1.54, 1.807) is 36.6 Å². The zero-order valence-corrected chi connectivity index (χ0v) is 19.5. The Morgan fingerprint density at radius 1 is 1.16 bits per heavy atom. The summed E-state index contributed by atoms with van der Waals surface area (Å²) in [6, 6.07) is 10.9. The first kappa shape index (κ1) is 23.0. The quantitative estimate of drug-likeness (QED) is 0.438. The number of hydrogen-bond donors (Lipinski definition) is 0. The molecular weight excluding hydrogens is 452 g/mol. The molecule has 1 saturated heterocycles. The number of aromatic nitrogens is 2. The number of nitrogens with zero attached hydrogens (tertiary/aromatic N) is 4. The summed E-state index contributed by atoms with van der Waals surface area (Å²) in [7, 11) is -1.90. The van der Waals surface area contributed by atoms with Crippen LogP contribution in [-0.2, 0) is 32.6 Å². The third-order valence-corrected chi connectivity index (χ3v) is 7.83. The molecule has 1 aliphatic heterocycles. The lowest BCUT2D eigenvalue weighted by Crippen LogP contribution is -2.40. The van der Waals surface area contributed by atoms with E-state index in [0.29, 0.717) is 69.2 Å². The maximum absolute atomic E-state index is 13.0. The number of thiophene rings is 1. The first-order valence-corrected chi connectivity index (χ1v) is 12.6. The second-order valence-electron chi connectivity index (χ2n) is 7.35. The molecule has 0 atom stereocenters. The SMILES string of the molecule is COCCN(Cc1cccc(S(=O)(=O)N2CCOCC2)c1)Cc1nnc(-c2cccs2)o1. The van der Waals surface area contributed by atoms with Crippen molar-refractivity contribution in [3.63, 3.8) is 0 Å². The fraction of sp³-hybridized carbons (Fsp3) is 0.429. The van der Waals surface area contributed by atoms with Crippen molar-refractivity contribution < 1.29 is 22.3 Å². The first-order chi connectivity index (χ1) is 15.6. The molecule has 0 saturated carbocycles. The van der Waals surface area contributed by atoms with Gasteiger partial charge in [0.15, 0.2) is 0 Å². The van der Waals surface area contributed by atoms with Crippen LogP contribution in [0.4, 0.5) is 0 Å². The van der Waals surface area contributed by atoms with Gasteiger partial charge in [0.05, 0.1) is 36.1 Å². The van der Waals surface area contributed by atoms with Crippen LogP contribution in [0.15, 0.2) is 51.1 Å². The Hall–Kier alpha value is -2.15. The molecule has 0 radical (unpaired) electrons. The molecule has 3 aromatic rings. The van der Waals surface area contributed by atoms with Gasteiger partial charge in [-0.3, -0.25) is 4.90 Å². The van der Waals surface area contributed by atoms with Gasteiger partial charge in [0.2, 0.25) is 15.9 Å². The zero-order chi connectivity index (χ0) is 22.4. The van der Waals surface area contributed by atoms with Crippen molar-refractivity contribution in [1.82, 2.24) is 19.4 Å². The highest BCUT2D eigenvalue weighted by atomic mass is 32.2. The largest absolute Gasteiger partial charge is 0.419 e. The lowest BCUT2D eigenvalue weighted by molar-refractivity contribution is 0.0730. The van der Waals surface area contributed by atoms with E-state index in [0.717, 1.165) is 10.4 Å². The molecule has 1 aliphatic rings. The molecule has 0 spiro atoms. The second-order valence-corrected chi connectivity index (χ2v) is 10.2. The summed E-state index contributed by atoms with van der Waals surface area (Å²) < 4.78 is 43.8. The molecule has 0 amide bonds. The standard InChI is InChI=1S/C21H26N4O5S2/c1-28-10-7-24(16-20-22-23-21(30-20)19-6-3-13-31-19)15-17-4-2-5-18(14-17)32(26,27)25-8-11-29-12-9-25/h2-6,13-14H,7-12,15-16H2,1H3. The first-order valence-electron chi connectivity index (χ1n) is 10.3. The molecule has 2 aromatic heterocycles. The fourth-order valence-electron chi connectivity index (χ4n) is 3.44. The van der Waals surface area contributed by atoms with Crippen LogP contribution in [0.5, 0.6) is 0 Å². The van der Waals surface area contributed by atoms with Gasteiger partial charge in [-0.2, -0.15) is 4.31 Å². The van der Waals surface area contributed by atoms with Crippen molar-refractivity contribution in [2.75, 3.05) is 46.6 Å². The van der Waals surface area contributed by atoms with Crippen molar-refractivity contribution in [2.24, 2.45) is 0 Å². The molecule has 0 aliphatic carbocycles. The van der Waals surface area contributed by atoms with Crippen molar-refractivity contribution in [1.29, 1.82) is 0 Å². The summed E-state index contributed by atoms with van der Waals surface area (Å²) >= 11 is 1.54. The number of ether oxygens (including phenoxy) is 2. The summed E-state index contributed by atoms with van der Waals surface area (Å²) in [6.07, 6.45) is 0. The van der Waals surface area contributed by atoms with Gasteiger partial charge in [-0.05, 0) is 29.1 Å². The third kappa shape index (κ3) is 5.61. The molecule has 1 fully saturated rings. The van der Waals surface area contributed by atoms with Gasteiger partial charge in [0.25, 0.3) is 5.89 Å². The Kier molecular flexibility index (Phi) is 7.66. The molecular formula is C21H26N4O5S2. The van der Waals surface area contributed by atoms with E-state index in [4.69, 9.17) is 13.9 Å². The predicted molar refractivity (Wildman–Crippen MR) is 120 cm³/mol. The minimum Gasteiger partial charge on any atom is -0.419 e. The van der Waals surface area contributed by atoms with E-state index < -0.39 is 10.0 Å². The summed E-state index contributed by atoms with van der Waals surface area (Å²) in [6.45, 7) is 3.69. The number of benzene rings is 1. The van der Waals surface area contributed by atoms with Crippen LogP contribution in [0.25, 0.3) is 10.8 Å². The molecule has 1 aromatic carbocycles. The van der Waals surface area contributed by atoms with Gasteiger partial charge < -0.3 is 13.9 Å². The summed E-state index contributed by atoms with van der Waals surface area (Å²) in [5.41, 5.74) is 0.883. The Morgan fingerprint density at radius 3 is 2.75 bits per heavy atom. The van der Waals surface area contributed by atoms with Crippen molar-refractivity contribution >= 4 is 21.4 Å². The third-order valence-electron chi connectivity index (χ3n) is 5.08. The van der Waals surface area contributed by atoms with Crippen LogP contribution >= 0.6 is 11.3 Å². The molecule has 0 N–H and O–H groups in total. The van der Waals surface area contributed by atoms with Crippen LogP contribution < -0.4 is 0 Å². The average Bonchev–Trinajstić information content (AvgIpc) is 3.50. The lowest BCUT2D eigenvalue weighted by Gasteiger charge is -2.26. The van der Waals surface area contributed by atoms with Crippen molar-refractivity contribution in [3.05, 3.63) is 53.2 Å². The molecule has 3 heterocycles. The molecule has 172 valence electrons. The summed E-state index contributed by atoms with van der Waals surface area (Å²) in [5, 5.41) is 10.3. The number of sulfonamides is 1. The van der Waals surface area contributed by atoms with E-state index in [2.05, 4.69) is 15.1 Å². The molecule has 0 bridgehead atoms. The van der Waals surface area contributed by atoms with Crippen LogP contribution in [0.2, 0.25) is 0 Å². The Morgan fingerprint density at radius 2 is 2.00 bits per heavy atom. The van der Waals surface area contributed by atoms with Gasteiger partial charge in [-0.15, -0.1) is 21.5 Å². The highest BCUT2D eigenvalue weighted by Crippen LogP contribution is 2.24. The normalized spacial score (nSPS) is 15.4. The number of morpholine rings is 1. The minimum atomic E-state index is -3.55. The Balaban J connectivity index is 1.48. The maximum atomic E-state index is 13.0. The van der Waals surface area contributed by atoms with Gasteiger partial charge in [-0.1, -0.05) is 18.2 Å². The van der Waals surface area contributed by atoms with Crippen LogP contribution in [0.1, 0.15) is 11.5 Å². The molecule has 0 unspecified atom stereocenters. The van der Waals surface area contributed by atoms with Gasteiger partial charge in [0, 0.05) is 33.3 Å². The number of rotatable bonds is 10. The summed E-state index contributed by atoms with van der Waals surface area (Å²) in [5.74, 6) is 1.00. The zero-order valence-electron chi connectivity index (χ0n) is 17.8. The highest BCUT2D eigenvalue weighted by Gasteiger charge is 2.26.